The van der Waals surface area contributed by atoms with Crippen LogP contribution in [0.25, 0.3) is 0 Å². The zero-order valence-corrected chi connectivity index (χ0v) is 5.51. The van der Waals surface area contributed by atoms with E-state index in [0.29, 0.717) is 0 Å². The average Bonchev–Trinajstić information content (AvgIpc) is 2.15. The van der Waals surface area contributed by atoms with E-state index >= 15 is 0 Å². The summed E-state index contributed by atoms with van der Waals surface area (Å²) in [5, 5.41) is 19.5. The lowest BCUT2D eigenvalue weighted by Crippen LogP contribution is -2.14. The number of hydrogen-bond acceptors (Lipinski definition) is 4. The standard InChI is InChI=1S/C4H6BNO2S/c7-5(8)3-4-6-1-2-9-4/h1-2,7-8H,3H2. The minimum atomic E-state index is -1.27. The second-order valence-corrected chi connectivity index (χ2v) is 2.59. The summed E-state index contributed by atoms with van der Waals surface area (Å²) >= 11 is 1.42. The lowest BCUT2D eigenvalue weighted by molar-refractivity contribution is 0.405. The summed E-state index contributed by atoms with van der Waals surface area (Å²) in [5.74, 6) is 0. The van der Waals surface area contributed by atoms with E-state index in [-0.39, 0.29) is 6.32 Å². The van der Waals surface area contributed by atoms with Gasteiger partial charge in [-0.3, -0.25) is 4.98 Å². The molecule has 3 nitrogen and oxygen atoms in total. The van der Waals surface area contributed by atoms with Crippen LogP contribution in [0, 0.1) is 0 Å². The molecule has 1 aromatic rings. The highest BCUT2D eigenvalue weighted by Crippen LogP contribution is 2.03. The largest absolute Gasteiger partial charge is 0.458 e. The van der Waals surface area contributed by atoms with E-state index < -0.39 is 7.12 Å². The molecule has 0 atom stereocenters. The molecular weight excluding hydrogens is 137 g/mol. The molecule has 0 unspecified atom stereocenters. The van der Waals surface area contributed by atoms with Gasteiger partial charge in [0.2, 0.25) is 0 Å². The third kappa shape index (κ3) is 2.13. The highest BCUT2D eigenvalue weighted by atomic mass is 32.1. The van der Waals surface area contributed by atoms with Gasteiger partial charge in [0.05, 0.1) is 5.01 Å². The average molecular weight is 143 g/mol. The fraction of sp³-hybridized carbons (Fsp3) is 0.250. The van der Waals surface area contributed by atoms with Crippen molar-refractivity contribution in [3.8, 4) is 0 Å². The smallest absolute Gasteiger partial charge is 0.427 e. The van der Waals surface area contributed by atoms with Crippen molar-refractivity contribution in [2.75, 3.05) is 0 Å². The van der Waals surface area contributed by atoms with Crippen molar-refractivity contribution < 1.29 is 10.0 Å². The Morgan fingerprint density at radius 3 is 2.89 bits per heavy atom. The maximum atomic E-state index is 8.45. The van der Waals surface area contributed by atoms with Gasteiger partial charge in [-0.25, -0.2) is 0 Å². The summed E-state index contributed by atoms with van der Waals surface area (Å²) in [6, 6.07) is 0. The summed E-state index contributed by atoms with van der Waals surface area (Å²) in [4.78, 5) is 3.85. The van der Waals surface area contributed by atoms with Gasteiger partial charge in [-0.05, 0) is 0 Å². The van der Waals surface area contributed by atoms with E-state index in [1.165, 1.54) is 11.3 Å². The van der Waals surface area contributed by atoms with Crippen LogP contribution in [0.1, 0.15) is 5.01 Å². The van der Waals surface area contributed by atoms with Gasteiger partial charge in [0.25, 0.3) is 0 Å². The molecule has 5 heteroatoms. The number of thiazole rings is 1. The van der Waals surface area contributed by atoms with Gasteiger partial charge in [-0.15, -0.1) is 11.3 Å². The molecule has 0 aromatic carbocycles. The highest BCUT2D eigenvalue weighted by molar-refractivity contribution is 7.09. The molecule has 48 valence electrons. The molecule has 0 saturated carbocycles. The van der Waals surface area contributed by atoms with Gasteiger partial charge in [0.1, 0.15) is 0 Å². The van der Waals surface area contributed by atoms with Crippen LogP contribution in [0.4, 0.5) is 0 Å². The Morgan fingerprint density at radius 1 is 1.67 bits per heavy atom. The maximum Gasteiger partial charge on any atom is 0.458 e. The first-order valence-electron chi connectivity index (χ1n) is 2.53. The molecule has 0 radical (unpaired) electrons. The third-order valence-electron chi connectivity index (χ3n) is 0.841. The molecule has 0 fully saturated rings. The molecule has 0 spiro atoms. The molecule has 0 amide bonds. The lowest BCUT2D eigenvalue weighted by Gasteiger charge is -1.90. The van der Waals surface area contributed by atoms with Gasteiger partial charge < -0.3 is 10.0 Å². The Kier molecular flexibility index (Phi) is 2.21. The molecule has 0 aliphatic heterocycles. The number of hydrogen-bond donors (Lipinski definition) is 2. The van der Waals surface area contributed by atoms with Gasteiger partial charge in [-0.1, -0.05) is 0 Å². The third-order valence-corrected chi connectivity index (χ3v) is 1.64. The Labute approximate surface area is 57.1 Å². The first kappa shape index (κ1) is 6.73. The molecule has 0 aliphatic rings. The van der Waals surface area contributed by atoms with Gasteiger partial charge >= 0.3 is 7.12 Å². The summed E-state index contributed by atoms with van der Waals surface area (Å²) in [5.41, 5.74) is 0. The fourth-order valence-electron chi connectivity index (χ4n) is 0.510. The fourth-order valence-corrected chi connectivity index (χ4v) is 1.16. The number of aromatic nitrogens is 1. The number of rotatable bonds is 2. The van der Waals surface area contributed by atoms with Crippen LogP contribution < -0.4 is 0 Å². The molecule has 1 heterocycles. The molecule has 1 aromatic heterocycles. The predicted molar refractivity (Wildman–Crippen MR) is 36.0 cm³/mol. The minimum absolute atomic E-state index is 0.234. The zero-order valence-electron chi connectivity index (χ0n) is 4.69. The molecule has 1 rings (SSSR count). The highest BCUT2D eigenvalue weighted by Gasteiger charge is 2.08. The second kappa shape index (κ2) is 2.96. The normalized spacial score (nSPS) is 9.56. The van der Waals surface area contributed by atoms with Crippen LogP contribution in [0.3, 0.4) is 0 Å². The first-order chi connectivity index (χ1) is 4.29. The number of nitrogens with zero attached hydrogens (tertiary/aromatic N) is 1. The Balaban J connectivity index is 2.48. The molecular formula is C4H6BNO2S. The van der Waals surface area contributed by atoms with Crippen LogP contribution >= 0.6 is 11.3 Å². The lowest BCUT2D eigenvalue weighted by atomic mass is 9.87. The van der Waals surface area contributed by atoms with Crippen molar-refractivity contribution in [3.63, 3.8) is 0 Å². The summed E-state index contributed by atoms with van der Waals surface area (Å²) in [6.45, 7) is 0. The van der Waals surface area contributed by atoms with Crippen LogP contribution in [0.2, 0.25) is 0 Å². The Bertz CT molecular complexity index is 165. The van der Waals surface area contributed by atoms with Gasteiger partial charge in [-0.2, -0.15) is 0 Å². The van der Waals surface area contributed by atoms with Crippen molar-refractivity contribution in [3.05, 3.63) is 16.6 Å². The van der Waals surface area contributed by atoms with E-state index in [0.717, 1.165) is 5.01 Å². The molecule has 0 saturated heterocycles. The Morgan fingerprint density at radius 2 is 2.44 bits per heavy atom. The van der Waals surface area contributed by atoms with E-state index in [1.807, 2.05) is 0 Å². The van der Waals surface area contributed by atoms with Crippen LogP contribution in [0.15, 0.2) is 11.6 Å². The van der Waals surface area contributed by atoms with Crippen molar-refractivity contribution in [2.45, 2.75) is 6.32 Å². The summed E-state index contributed by atoms with van der Waals surface area (Å²) in [6.07, 6.45) is 1.88. The van der Waals surface area contributed by atoms with E-state index in [9.17, 15) is 0 Å². The molecule has 9 heavy (non-hydrogen) atoms. The molecule has 0 aliphatic carbocycles. The predicted octanol–water partition coefficient (Wildman–Crippen LogP) is -0.302. The SMILES string of the molecule is OB(O)Cc1nccs1. The maximum absolute atomic E-state index is 8.45. The molecule has 2 N–H and O–H groups in total. The second-order valence-electron chi connectivity index (χ2n) is 1.61. The summed E-state index contributed by atoms with van der Waals surface area (Å²) < 4.78 is 0. The quantitative estimate of drug-likeness (QED) is 0.558. The van der Waals surface area contributed by atoms with Crippen molar-refractivity contribution >= 4 is 18.5 Å². The van der Waals surface area contributed by atoms with Crippen molar-refractivity contribution in [1.82, 2.24) is 4.98 Å². The Hall–Kier alpha value is -0.385. The van der Waals surface area contributed by atoms with Crippen molar-refractivity contribution in [2.24, 2.45) is 0 Å². The van der Waals surface area contributed by atoms with Crippen LogP contribution in [-0.4, -0.2) is 22.2 Å². The topological polar surface area (TPSA) is 53.4 Å². The van der Waals surface area contributed by atoms with Gasteiger partial charge in [0.15, 0.2) is 0 Å². The minimum Gasteiger partial charge on any atom is -0.427 e. The zero-order chi connectivity index (χ0) is 6.69. The van der Waals surface area contributed by atoms with E-state index in [2.05, 4.69) is 4.98 Å². The monoisotopic (exact) mass is 143 g/mol. The first-order valence-corrected chi connectivity index (χ1v) is 3.41. The summed E-state index contributed by atoms with van der Waals surface area (Å²) in [7, 11) is -1.27. The van der Waals surface area contributed by atoms with E-state index in [4.69, 9.17) is 10.0 Å². The molecule has 0 bridgehead atoms. The van der Waals surface area contributed by atoms with Crippen molar-refractivity contribution in [1.29, 1.82) is 0 Å². The van der Waals surface area contributed by atoms with E-state index in [1.54, 1.807) is 11.6 Å². The van der Waals surface area contributed by atoms with Crippen LogP contribution in [-0.2, 0) is 6.32 Å². The van der Waals surface area contributed by atoms with Gasteiger partial charge in [0, 0.05) is 17.9 Å². The van der Waals surface area contributed by atoms with Crippen LogP contribution in [0.5, 0.6) is 0 Å².